The van der Waals surface area contributed by atoms with Crippen LogP contribution in [-0.2, 0) is 17.8 Å². The van der Waals surface area contributed by atoms with Crippen molar-refractivity contribution < 1.29 is 13.9 Å². The highest BCUT2D eigenvalue weighted by Gasteiger charge is 2.13. The Bertz CT molecular complexity index is 1120. The number of carbonyl (C=O) groups excluding carboxylic acids is 1. The van der Waals surface area contributed by atoms with Crippen LogP contribution in [0.1, 0.15) is 23.6 Å². The van der Waals surface area contributed by atoms with Crippen molar-refractivity contribution in [3.05, 3.63) is 101 Å². The summed E-state index contributed by atoms with van der Waals surface area (Å²) >= 11 is 0. The predicted octanol–water partition coefficient (Wildman–Crippen LogP) is 5.51. The number of aryl methyl sites for hydroxylation is 1. The molecule has 0 bridgehead atoms. The number of hydrogen-bond acceptors (Lipinski definition) is 3. The second-order valence-corrected chi connectivity index (χ2v) is 6.55. The number of carbonyl (C=O) groups is 1. The molecule has 1 amide bonds. The predicted molar refractivity (Wildman–Crippen MR) is 115 cm³/mol. The fourth-order valence-corrected chi connectivity index (χ4v) is 2.95. The number of hydrogen-bond donors (Lipinski definition) is 1. The molecular weight excluding hydrogens is 379 g/mol. The average molecular weight is 400 g/mol. The molecule has 150 valence electrons. The van der Waals surface area contributed by atoms with Crippen LogP contribution in [0, 0.1) is 17.1 Å². The standard InChI is InChI=1S/C25H21FN2O2/c1-2-18-9-4-7-13-23(18)28-25(29)21(16-27)15-19-10-5-8-14-24(19)30-17-20-11-3-6-12-22(20)26/h3-15H,2,17H2,1H3,(H,28,29)/b21-15+. The highest BCUT2D eigenvalue weighted by Crippen LogP contribution is 2.23. The molecule has 0 spiro atoms. The molecule has 5 heteroatoms. The molecule has 0 aliphatic rings. The third kappa shape index (κ3) is 5.12. The van der Waals surface area contributed by atoms with Crippen LogP contribution in [0.4, 0.5) is 10.1 Å². The summed E-state index contributed by atoms with van der Waals surface area (Å²) in [7, 11) is 0. The molecule has 0 fully saturated rings. The Morgan fingerprint density at radius 1 is 1.03 bits per heavy atom. The van der Waals surface area contributed by atoms with Gasteiger partial charge in [-0.25, -0.2) is 4.39 Å². The Kier molecular flexibility index (Phi) is 6.96. The van der Waals surface area contributed by atoms with E-state index in [1.807, 2.05) is 31.2 Å². The number of nitrogens with one attached hydrogen (secondary N) is 1. The van der Waals surface area contributed by atoms with E-state index in [4.69, 9.17) is 4.74 Å². The zero-order chi connectivity index (χ0) is 21.3. The van der Waals surface area contributed by atoms with Gasteiger partial charge in [0.25, 0.3) is 5.91 Å². The molecule has 0 aliphatic heterocycles. The number of nitrogens with zero attached hydrogens (tertiary/aromatic N) is 1. The minimum absolute atomic E-state index is 0.0372. The molecule has 0 saturated carbocycles. The minimum Gasteiger partial charge on any atom is -0.488 e. The van der Waals surface area contributed by atoms with Gasteiger partial charge in [-0.05, 0) is 36.3 Å². The lowest BCUT2D eigenvalue weighted by atomic mass is 10.1. The topological polar surface area (TPSA) is 62.1 Å². The van der Waals surface area contributed by atoms with E-state index in [0.29, 0.717) is 22.6 Å². The molecular formula is C25H21FN2O2. The molecule has 0 radical (unpaired) electrons. The zero-order valence-electron chi connectivity index (χ0n) is 16.6. The van der Waals surface area contributed by atoms with Gasteiger partial charge in [0.05, 0.1) is 0 Å². The monoisotopic (exact) mass is 400 g/mol. The Balaban J connectivity index is 1.81. The van der Waals surface area contributed by atoms with Gasteiger partial charge in [0.15, 0.2) is 0 Å². The molecule has 3 rings (SSSR count). The van der Waals surface area contributed by atoms with E-state index >= 15 is 0 Å². The number of amides is 1. The van der Waals surface area contributed by atoms with Crippen LogP contribution in [0.2, 0.25) is 0 Å². The number of anilines is 1. The lowest BCUT2D eigenvalue weighted by Gasteiger charge is -2.11. The smallest absolute Gasteiger partial charge is 0.266 e. The molecule has 4 nitrogen and oxygen atoms in total. The molecule has 3 aromatic rings. The molecule has 0 aromatic heterocycles. The maximum atomic E-state index is 13.8. The van der Waals surface area contributed by atoms with E-state index in [1.165, 1.54) is 12.1 Å². The number of nitriles is 1. The van der Waals surface area contributed by atoms with Crippen LogP contribution in [0.3, 0.4) is 0 Å². The van der Waals surface area contributed by atoms with Crippen molar-refractivity contribution in [1.82, 2.24) is 0 Å². The minimum atomic E-state index is -0.498. The Labute approximate surface area is 175 Å². The maximum Gasteiger partial charge on any atom is 0.266 e. The zero-order valence-corrected chi connectivity index (χ0v) is 16.6. The number of ether oxygens (including phenoxy) is 1. The Morgan fingerprint density at radius 3 is 2.43 bits per heavy atom. The lowest BCUT2D eigenvalue weighted by Crippen LogP contribution is -2.14. The summed E-state index contributed by atoms with van der Waals surface area (Å²) in [6.07, 6.45) is 2.23. The van der Waals surface area contributed by atoms with Gasteiger partial charge in [0, 0.05) is 16.8 Å². The van der Waals surface area contributed by atoms with Crippen LogP contribution in [0.15, 0.2) is 78.4 Å². The largest absolute Gasteiger partial charge is 0.488 e. The van der Waals surface area contributed by atoms with Gasteiger partial charge in [-0.3, -0.25) is 4.79 Å². The van der Waals surface area contributed by atoms with Crippen molar-refractivity contribution in [3.63, 3.8) is 0 Å². The van der Waals surface area contributed by atoms with Gasteiger partial charge in [0.1, 0.15) is 29.8 Å². The molecule has 0 aliphatic carbocycles. The summed E-state index contributed by atoms with van der Waals surface area (Å²) in [5.74, 6) is -0.394. The number of para-hydroxylation sites is 2. The molecule has 0 unspecified atom stereocenters. The molecule has 30 heavy (non-hydrogen) atoms. The number of rotatable bonds is 7. The van der Waals surface area contributed by atoms with Gasteiger partial charge in [-0.2, -0.15) is 5.26 Å². The summed E-state index contributed by atoms with van der Waals surface area (Å²) in [6.45, 7) is 2.03. The van der Waals surface area contributed by atoms with E-state index in [9.17, 15) is 14.4 Å². The quantitative estimate of drug-likeness (QED) is 0.420. The van der Waals surface area contributed by atoms with Gasteiger partial charge in [0.2, 0.25) is 0 Å². The van der Waals surface area contributed by atoms with Crippen molar-refractivity contribution in [1.29, 1.82) is 5.26 Å². The molecule has 0 heterocycles. The third-order valence-electron chi connectivity index (χ3n) is 4.57. The van der Waals surface area contributed by atoms with E-state index in [-0.39, 0.29) is 18.0 Å². The van der Waals surface area contributed by atoms with E-state index in [0.717, 1.165) is 12.0 Å². The van der Waals surface area contributed by atoms with Crippen LogP contribution in [0.25, 0.3) is 6.08 Å². The Hall–Kier alpha value is -3.91. The summed E-state index contributed by atoms with van der Waals surface area (Å²) in [5.41, 5.74) is 2.59. The molecule has 0 saturated heterocycles. The van der Waals surface area contributed by atoms with Gasteiger partial charge in [-0.1, -0.05) is 61.5 Å². The lowest BCUT2D eigenvalue weighted by molar-refractivity contribution is -0.112. The van der Waals surface area contributed by atoms with Crippen molar-refractivity contribution in [2.24, 2.45) is 0 Å². The number of benzene rings is 3. The summed E-state index contributed by atoms with van der Waals surface area (Å²) in [4.78, 5) is 12.7. The van der Waals surface area contributed by atoms with Crippen molar-refractivity contribution in [2.45, 2.75) is 20.0 Å². The van der Waals surface area contributed by atoms with Crippen LogP contribution in [0.5, 0.6) is 5.75 Å². The first-order valence-corrected chi connectivity index (χ1v) is 9.58. The molecule has 0 atom stereocenters. The first-order valence-electron chi connectivity index (χ1n) is 9.58. The fraction of sp³-hybridized carbons (Fsp3) is 0.120. The Morgan fingerprint density at radius 2 is 1.70 bits per heavy atom. The van der Waals surface area contributed by atoms with E-state index in [1.54, 1.807) is 48.5 Å². The van der Waals surface area contributed by atoms with E-state index < -0.39 is 5.91 Å². The highest BCUT2D eigenvalue weighted by atomic mass is 19.1. The first-order chi connectivity index (χ1) is 14.6. The van der Waals surface area contributed by atoms with Crippen molar-refractivity contribution in [2.75, 3.05) is 5.32 Å². The third-order valence-corrected chi connectivity index (χ3v) is 4.57. The highest BCUT2D eigenvalue weighted by molar-refractivity contribution is 6.10. The maximum absolute atomic E-state index is 13.8. The first kappa shape index (κ1) is 20.8. The van der Waals surface area contributed by atoms with Crippen LogP contribution < -0.4 is 10.1 Å². The summed E-state index contributed by atoms with van der Waals surface area (Å²) in [6, 6.07) is 22.8. The van der Waals surface area contributed by atoms with E-state index in [2.05, 4.69) is 5.32 Å². The van der Waals surface area contributed by atoms with Crippen molar-refractivity contribution >= 4 is 17.7 Å². The SMILES string of the molecule is CCc1ccccc1NC(=O)/C(C#N)=C/c1ccccc1OCc1ccccc1F. The molecule has 1 N–H and O–H groups in total. The second kappa shape index (κ2) is 10.0. The fourth-order valence-electron chi connectivity index (χ4n) is 2.95. The second-order valence-electron chi connectivity index (χ2n) is 6.55. The summed E-state index contributed by atoms with van der Waals surface area (Å²) < 4.78 is 19.6. The molecule has 3 aromatic carbocycles. The van der Waals surface area contributed by atoms with Crippen LogP contribution >= 0.6 is 0 Å². The average Bonchev–Trinajstić information content (AvgIpc) is 2.78. The van der Waals surface area contributed by atoms with Gasteiger partial charge in [-0.15, -0.1) is 0 Å². The van der Waals surface area contributed by atoms with Gasteiger partial charge >= 0.3 is 0 Å². The number of halogens is 1. The van der Waals surface area contributed by atoms with Crippen molar-refractivity contribution in [3.8, 4) is 11.8 Å². The van der Waals surface area contributed by atoms with Gasteiger partial charge < -0.3 is 10.1 Å². The normalized spacial score (nSPS) is 10.9. The summed E-state index contributed by atoms with van der Waals surface area (Å²) in [5, 5.41) is 12.3. The van der Waals surface area contributed by atoms with Crippen LogP contribution in [-0.4, -0.2) is 5.91 Å².